The average molecular weight is 406 g/mol. The van der Waals surface area contributed by atoms with Gasteiger partial charge in [0.2, 0.25) is 5.76 Å². The number of esters is 1. The summed E-state index contributed by atoms with van der Waals surface area (Å²) < 4.78 is 29.7. The molecule has 28 heavy (non-hydrogen) atoms. The number of anilines is 1. The highest BCUT2D eigenvalue weighted by Crippen LogP contribution is 2.29. The van der Waals surface area contributed by atoms with E-state index in [4.69, 9.17) is 25.5 Å². The number of amides is 1. The number of carbonyl (C=O) groups excluding carboxylic acids is 2. The number of rotatable bonds is 5. The van der Waals surface area contributed by atoms with E-state index in [0.717, 1.165) is 6.07 Å². The Morgan fingerprint density at radius 3 is 2.64 bits per heavy atom. The summed E-state index contributed by atoms with van der Waals surface area (Å²) in [5.74, 6) is -1.58. The van der Waals surface area contributed by atoms with Crippen molar-refractivity contribution >= 4 is 40.1 Å². The third-order valence-corrected chi connectivity index (χ3v) is 4.41. The minimum absolute atomic E-state index is 0.0134. The van der Waals surface area contributed by atoms with Gasteiger partial charge in [-0.1, -0.05) is 11.6 Å². The van der Waals surface area contributed by atoms with Crippen molar-refractivity contribution in [3.63, 3.8) is 0 Å². The fourth-order valence-corrected chi connectivity index (χ4v) is 2.77. The number of nitrogens with one attached hydrogen (secondary N) is 1. The quantitative estimate of drug-likeness (QED) is 0.621. The van der Waals surface area contributed by atoms with Crippen LogP contribution in [-0.4, -0.2) is 25.1 Å². The maximum absolute atomic E-state index is 13.8. The number of benzene rings is 2. The number of aryl methyl sites for hydroxylation is 1. The van der Waals surface area contributed by atoms with Crippen molar-refractivity contribution < 1.29 is 27.9 Å². The molecular weight excluding hydrogens is 389 g/mol. The van der Waals surface area contributed by atoms with Crippen LogP contribution in [-0.2, 0) is 9.53 Å². The molecule has 0 aliphatic carbocycles. The largest absolute Gasteiger partial charge is 0.497 e. The van der Waals surface area contributed by atoms with Crippen LogP contribution < -0.4 is 10.1 Å². The molecule has 6 nitrogen and oxygen atoms in total. The molecule has 1 unspecified atom stereocenters. The molecule has 0 saturated carbocycles. The molecule has 1 atom stereocenters. The minimum Gasteiger partial charge on any atom is -0.497 e. The molecule has 8 heteroatoms. The third kappa shape index (κ3) is 3.94. The number of ether oxygens (including phenoxy) is 2. The first-order chi connectivity index (χ1) is 13.3. The van der Waals surface area contributed by atoms with Crippen molar-refractivity contribution in [2.45, 2.75) is 20.0 Å². The fourth-order valence-electron chi connectivity index (χ4n) is 2.61. The van der Waals surface area contributed by atoms with E-state index < -0.39 is 23.8 Å². The van der Waals surface area contributed by atoms with E-state index >= 15 is 0 Å². The number of hydrogen-bond donors (Lipinski definition) is 1. The Hall–Kier alpha value is -3.06. The topological polar surface area (TPSA) is 77.8 Å². The summed E-state index contributed by atoms with van der Waals surface area (Å²) in [7, 11) is 1.54. The molecule has 0 aliphatic heterocycles. The third-order valence-electron chi connectivity index (χ3n) is 4.17. The van der Waals surface area contributed by atoms with Crippen LogP contribution in [0, 0.1) is 12.7 Å². The first-order valence-corrected chi connectivity index (χ1v) is 8.72. The highest BCUT2D eigenvalue weighted by Gasteiger charge is 2.25. The lowest BCUT2D eigenvalue weighted by molar-refractivity contribution is -0.123. The molecule has 1 heterocycles. The Labute approximate surface area is 165 Å². The Balaban J connectivity index is 1.74. The normalized spacial score (nSPS) is 11.9. The highest BCUT2D eigenvalue weighted by molar-refractivity contribution is 6.30. The molecule has 0 spiro atoms. The standard InChI is InChI=1S/C20H17ClFNO5/c1-10-14-9-13(26-3)5-7-17(14)28-18(10)20(25)27-11(2)19(24)23-16-6-4-12(21)8-15(16)22/h4-9,11H,1-3H3,(H,23,24). The van der Waals surface area contributed by atoms with E-state index in [1.165, 1.54) is 26.2 Å². The van der Waals surface area contributed by atoms with Crippen LogP contribution in [0.25, 0.3) is 11.0 Å². The van der Waals surface area contributed by atoms with Gasteiger partial charge in [-0.25, -0.2) is 9.18 Å². The van der Waals surface area contributed by atoms with Gasteiger partial charge in [-0.3, -0.25) is 4.79 Å². The van der Waals surface area contributed by atoms with Gasteiger partial charge in [0.25, 0.3) is 5.91 Å². The molecule has 0 radical (unpaired) electrons. The van der Waals surface area contributed by atoms with Crippen LogP contribution in [0.15, 0.2) is 40.8 Å². The van der Waals surface area contributed by atoms with Crippen molar-refractivity contribution in [3.05, 3.63) is 58.6 Å². The Morgan fingerprint density at radius 2 is 1.96 bits per heavy atom. The van der Waals surface area contributed by atoms with E-state index in [9.17, 15) is 14.0 Å². The second kappa shape index (κ2) is 7.90. The van der Waals surface area contributed by atoms with Gasteiger partial charge in [0.1, 0.15) is 17.1 Å². The van der Waals surface area contributed by atoms with E-state index in [1.807, 2.05) is 0 Å². The predicted octanol–water partition coefficient (Wildman–Crippen LogP) is 4.73. The van der Waals surface area contributed by atoms with Gasteiger partial charge in [0.05, 0.1) is 12.8 Å². The molecule has 1 N–H and O–H groups in total. The summed E-state index contributed by atoms with van der Waals surface area (Å²) in [5, 5.41) is 3.25. The minimum atomic E-state index is -1.18. The first kappa shape index (κ1) is 19.7. The first-order valence-electron chi connectivity index (χ1n) is 8.34. The van der Waals surface area contributed by atoms with Crippen molar-refractivity contribution in [3.8, 4) is 5.75 Å². The zero-order valence-corrected chi connectivity index (χ0v) is 16.1. The predicted molar refractivity (Wildman–Crippen MR) is 102 cm³/mol. The van der Waals surface area contributed by atoms with Gasteiger partial charge < -0.3 is 19.2 Å². The highest BCUT2D eigenvalue weighted by atomic mass is 35.5. The van der Waals surface area contributed by atoms with E-state index in [0.29, 0.717) is 22.3 Å². The van der Waals surface area contributed by atoms with Crippen molar-refractivity contribution in [1.29, 1.82) is 0 Å². The van der Waals surface area contributed by atoms with E-state index in [1.54, 1.807) is 25.1 Å². The molecule has 3 aromatic rings. The van der Waals surface area contributed by atoms with Gasteiger partial charge in [-0.15, -0.1) is 0 Å². The zero-order valence-electron chi connectivity index (χ0n) is 15.3. The molecule has 0 bridgehead atoms. The Morgan fingerprint density at radius 1 is 1.21 bits per heavy atom. The average Bonchev–Trinajstić information content (AvgIpc) is 3.00. The number of methoxy groups -OCH3 is 1. The van der Waals surface area contributed by atoms with Crippen LogP contribution in [0.4, 0.5) is 10.1 Å². The molecule has 3 rings (SSSR count). The van der Waals surface area contributed by atoms with Crippen molar-refractivity contribution in [2.75, 3.05) is 12.4 Å². The molecule has 146 valence electrons. The molecule has 0 fully saturated rings. The van der Waals surface area contributed by atoms with E-state index in [-0.39, 0.29) is 16.5 Å². The van der Waals surface area contributed by atoms with Gasteiger partial charge >= 0.3 is 5.97 Å². The molecular formula is C20H17ClFNO5. The number of furan rings is 1. The van der Waals surface area contributed by atoms with Crippen LogP contribution in [0.2, 0.25) is 5.02 Å². The van der Waals surface area contributed by atoms with Crippen molar-refractivity contribution in [1.82, 2.24) is 0 Å². The summed E-state index contributed by atoms with van der Waals surface area (Å²) in [6.07, 6.45) is -1.18. The summed E-state index contributed by atoms with van der Waals surface area (Å²) in [6, 6.07) is 8.95. The molecule has 2 aromatic carbocycles. The lowest BCUT2D eigenvalue weighted by Gasteiger charge is -2.13. The molecule has 0 aliphatic rings. The second-order valence-electron chi connectivity index (χ2n) is 6.08. The summed E-state index contributed by atoms with van der Waals surface area (Å²) in [5.41, 5.74) is 0.991. The lowest BCUT2D eigenvalue weighted by Crippen LogP contribution is -2.30. The zero-order chi connectivity index (χ0) is 20.4. The van der Waals surface area contributed by atoms with Crippen LogP contribution in [0.5, 0.6) is 5.75 Å². The van der Waals surface area contributed by atoms with E-state index in [2.05, 4.69) is 5.32 Å². The monoisotopic (exact) mass is 405 g/mol. The number of fused-ring (bicyclic) bond motifs is 1. The van der Waals surface area contributed by atoms with Crippen LogP contribution in [0.1, 0.15) is 23.0 Å². The van der Waals surface area contributed by atoms with Gasteiger partial charge in [-0.05, 0) is 50.2 Å². The lowest BCUT2D eigenvalue weighted by atomic mass is 10.1. The molecule has 1 aromatic heterocycles. The number of hydrogen-bond acceptors (Lipinski definition) is 5. The second-order valence-corrected chi connectivity index (χ2v) is 6.52. The molecule has 1 amide bonds. The summed E-state index contributed by atoms with van der Waals surface area (Å²) in [4.78, 5) is 24.7. The summed E-state index contributed by atoms with van der Waals surface area (Å²) >= 11 is 5.68. The maximum atomic E-state index is 13.8. The van der Waals surface area contributed by atoms with Crippen molar-refractivity contribution in [2.24, 2.45) is 0 Å². The van der Waals surface area contributed by atoms with Gasteiger partial charge in [0.15, 0.2) is 6.10 Å². The van der Waals surface area contributed by atoms with Crippen LogP contribution >= 0.6 is 11.6 Å². The molecule has 0 saturated heterocycles. The van der Waals surface area contributed by atoms with Gasteiger partial charge in [0, 0.05) is 16.0 Å². The SMILES string of the molecule is COc1ccc2oc(C(=O)OC(C)C(=O)Nc3ccc(Cl)cc3F)c(C)c2c1. The fraction of sp³-hybridized carbons (Fsp3) is 0.200. The Bertz CT molecular complexity index is 1060. The number of carbonyl (C=O) groups is 2. The smallest absolute Gasteiger partial charge is 0.375 e. The Kier molecular flexibility index (Phi) is 5.56. The van der Waals surface area contributed by atoms with Crippen LogP contribution in [0.3, 0.4) is 0 Å². The van der Waals surface area contributed by atoms with Gasteiger partial charge in [-0.2, -0.15) is 0 Å². The number of halogens is 2. The summed E-state index contributed by atoms with van der Waals surface area (Å²) in [6.45, 7) is 3.08. The maximum Gasteiger partial charge on any atom is 0.375 e.